The smallest absolute Gasteiger partial charge is 0.275 e. The molecular weight excluding hydrogens is 148 g/mol. The van der Waals surface area contributed by atoms with Gasteiger partial charge >= 0.3 is 6.03 Å². The fourth-order valence-corrected chi connectivity index (χ4v) is 0.452. The summed E-state index contributed by atoms with van der Waals surface area (Å²) < 4.78 is 0. The molecule has 0 atom stereocenters. The van der Waals surface area contributed by atoms with Crippen LogP contribution in [0.25, 0.3) is 0 Å². The van der Waals surface area contributed by atoms with Gasteiger partial charge in [-0.3, -0.25) is 15.6 Å². The molecule has 6 nitrogen and oxygen atoms in total. The van der Waals surface area contributed by atoms with Crippen molar-refractivity contribution in [2.45, 2.75) is 19.8 Å². The molecular formula is C5H12N4O2. The van der Waals surface area contributed by atoms with Gasteiger partial charge in [0.25, 0.3) is 0 Å². The maximum absolute atomic E-state index is 10.7. The van der Waals surface area contributed by atoms with E-state index in [0.717, 1.165) is 6.42 Å². The zero-order valence-corrected chi connectivity index (χ0v) is 6.31. The maximum Gasteiger partial charge on any atom is 0.347 e. The largest absolute Gasteiger partial charge is 0.347 e. The van der Waals surface area contributed by atoms with Gasteiger partial charge in [-0.2, -0.15) is 0 Å². The minimum Gasteiger partial charge on any atom is -0.275 e. The second kappa shape index (κ2) is 5.48. The van der Waals surface area contributed by atoms with E-state index >= 15 is 0 Å². The van der Waals surface area contributed by atoms with Crippen molar-refractivity contribution in [2.24, 2.45) is 5.84 Å². The summed E-state index contributed by atoms with van der Waals surface area (Å²) in [6.07, 6.45) is 1.11. The summed E-state index contributed by atoms with van der Waals surface area (Å²) >= 11 is 0. The Balaban J connectivity index is 3.38. The van der Waals surface area contributed by atoms with Crippen LogP contribution in [-0.2, 0) is 4.79 Å². The summed E-state index contributed by atoms with van der Waals surface area (Å²) in [4.78, 5) is 21.0. The van der Waals surface area contributed by atoms with Crippen molar-refractivity contribution in [3.05, 3.63) is 0 Å². The predicted molar refractivity (Wildman–Crippen MR) is 38.9 cm³/mol. The SMILES string of the molecule is CCCC(=O)NNC(=O)NN. The average Bonchev–Trinajstić information content (AvgIpc) is 2.01. The van der Waals surface area contributed by atoms with Crippen molar-refractivity contribution in [2.75, 3.05) is 0 Å². The van der Waals surface area contributed by atoms with Crippen LogP contribution in [0.3, 0.4) is 0 Å². The molecule has 6 heteroatoms. The molecule has 0 radical (unpaired) electrons. The first-order valence-corrected chi connectivity index (χ1v) is 3.26. The van der Waals surface area contributed by atoms with Crippen LogP contribution in [0.15, 0.2) is 0 Å². The first kappa shape index (κ1) is 9.70. The minimum absolute atomic E-state index is 0.240. The fourth-order valence-electron chi connectivity index (χ4n) is 0.452. The van der Waals surface area contributed by atoms with Crippen LogP contribution in [0.2, 0.25) is 0 Å². The van der Waals surface area contributed by atoms with Crippen molar-refractivity contribution in [3.8, 4) is 0 Å². The molecule has 64 valence electrons. The van der Waals surface area contributed by atoms with E-state index in [2.05, 4.69) is 5.43 Å². The number of hydrogen-bond acceptors (Lipinski definition) is 3. The third-order valence-corrected chi connectivity index (χ3v) is 0.924. The molecule has 0 bridgehead atoms. The number of hydrogen-bond donors (Lipinski definition) is 4. The van der Waals surface area contributed by atoms with Crippen molar-refractivity contribution in [1.82, 2.24) is 16.3 Å². The number of hydrazine groups is 2. The number of nitrogens with one attached hydrogen (secondary N) is 3. The Kier molecular flexibility index (Phi) is 4.83. The van der Waals surface area contributed by atoms with Crippen molar-refractivity contribution < 1.29 is 9.59 Å². The normalized spacial score (nSPS) is 8.55. The number of nitrogens with two attached hydrogens (primary N) is 1. The molecule has 3 amide bonds. The molecule has 0 fully saturated rings. The third kappa shape index (κ3) is 5.16. The second-order valence-corrected chi connectivity index (χ2v) is 1.90. The first-order chi connectivity index (χ1) is 5.20. The van der Waals surface area contributed by atoms with Gasteiger partial charge in [0.15, 0.2) is 0 Å². The number of rotatable bonds is 2. The summed E-state index contributed by atoms with van der Waals surface area (Å²) in [5, 5.41) is 0. The van der Waals surface area contributed by atoms with Crippen LogP contribution in [-0.4, -0.2) is 11.9 Å². The van der Waals surface area contributed by atoms with Crippen LogP contribution in [0.4, 0.5) is 4.79 Å². The molecule has 0 saturated heterocycles. The Morgan fingerprint density at radius 2 is 2.00 bits per heavy atom. The van der Waals surface area contributed by atoms with Gasteiger partial charge in [-0.05, 0) is 6.42 Å². The number of urea groups is 1. The van der Waals surface area contributed by atoms with Gasteiger partial charge in [-0.25, -0.2) is 16.1 Å². The predicted octanol–water partition coefficient (Wildman–Crippen LogP) is -1.01. The lowest BCUT2D eigenvalue weighted by Gasteiger charge is -2.04. The van der Waals surface area contributed by atoms with Crippen LogP contribution in [0.5, 0.6) is 0 Å². The summed E-state index contributed by atoms with van der Waals surface area (Å²) in [6.45, 7) is 1.86. The molecule has 5 N–H and O–H groups in total. The zero-order chi connectivity index (χ0) is 8.69. The second-order valence-electron chi connectivity index (χ2n) is 1.90. The fraction of sp³-hybridized carbons (Fsp3) is 0.600. The van der Waals surface area contributed by atoms with E-state index in [1.807, 2.05) is 12.3 Å². The molecule has 0 aromatic rings. The molecule has 0 aromatic heterocycles. The molecule has 0 aliphatic heterocycles. The highest BCUT2D eigenvalue weighted by Crippen LogP contribution is 1.82. The molecule has 0 unspecified atom stereocenters. The van der Waals surface area contributed by atoms with Gasteiger partial charge in [0.1, 0.15) is 0 Å². The number of carbonyl (C=O) groups is 2. The summed E-state index contributed by atoms with van der Waals surface area (Å²) in [7, 11) is 0. The van der Waals surface area contributed by atoms with Crippen molar-refractivity contribution in [1.29, 1.82) is 0 Å². The van der Waals surface area contributed by atoms with E-state index in [9.17, 15) is 9.59 Å². The van der Waals surface area contributed by atoms with E-state index in [0.29, 0.717) is 6.42 Å². The Labute approximate surface area is 64.5 Å². The molecule has 0 aliphatic rings. The zero-order valence-electron chi connectivity index (χ0n) is 6.31. The molecule has 0 spiro atoms. The van der Waals surface area contributed by atoms with Crippen molar-refractivity contribution >= 4 is 11.9 Å². The summed E-state index contributed by atoms with van der Waals surface area (Å²) in [5.74, 6) is 4.48. The Hall–Kier alpha value is -1.30. The Morgan fingerprint density at radius 1 is 1.36 bits per heavy atom. The van der Waals surface area contributed by atoms with E-state index in [4.69, 9.17) is 5.84 Å². The average molecular weight is 160 g/mol. The molecule has 0 saturated carbocycles. The highest BCUT2D eigenvalue weighted by Gasteiger charge is 1.99. The van der Waals surface area contributed by atoms with Gasteiger partial charge in [-0.15, -0.1) is 0 Å². The van der Waals surface area contributed by atoms with Crippen LogP contribution >= 0.6 is 0 Å². The van der Waals surface area contributed by atoms with E-state index in [-0.39, 0.29) is 5.91 Å². The Morgan fingerprint density at radius 3 is 2.45 bits per heavy atom. The van der Waals surface area contributed by atoms with Crippen molar-refractivity contribution in [3.63, 3.8) is 0 Å². The molecule has 11 heavy (non-hydrogen) atoms. The lowest BCUT2D eigenvalue weighted by atomic mass is 10.3. The van der Waals surface area contributed by atoms with Gasteiger partial charge < -0.3 is 0 Å². The van der Waals surface area contributed by atoms with Gasteiger partial charge in [0.2, 0.25) is 5.91 Å². The highest BCUT2D eigenvalue weighted by atomic mass is 16.2. The Bertz CT molecular complexity index is 147. The molecule has 0 heterocycles. The van der Waals surface area contributed by atoms with Gasteiger partial charge in [0.05, 0.1) is 0 Å². The van der Waals surface area contributed by atoms with E-state index in [1.54, 1.807) is 5.43 Å². The van der Waals surface area contributed by atoms with E-state index < -0.39 is 6.03 Å². The molecule has 0 aliphatic carbocycles. The minimum atomic E-state index is -0.644. The number of carbonyl (C=O) groups excluding carboxylic acids is 2. The monoisotopic (exact) mass is 160 g/mol. The van der Waals surface area contributed by atoms with Gasteiger partial charge in [-0.1, -0.05) is 6.92 Å². The van der Waals surface area contributed by atoms with Gasteiger partial charge in [0, 0.05) is 6.42 Å². The lowest BCUT2D eigenvalue weighted by molar-refractivity contribution is -0.121. The van der Waals surface area contributed by atoms with Crippen LogP contribution in [0.1, 0.15) is 19.8 Å². The third-order valence-electron chi connectivity index (χ3n) is 0.924. The quantitative estimate of drug-likeness (QED) is 0.237. The standard InChI is InChI=1S/C5H12N4O2/c1-2-3-4(10)8-9-5(11)7-6/h2-3,6H2,1H3,(H,8,10)(H2,7,9,11). The highest BCUT2D eigenvalue weighted by molar-refractivity contribution is 5.80. The molecule has 0 aromatic carbocycles. The molecule has 0 rings (SSSR count). The van der Waals surface area contributed by atoms with E-state index in [1.165, 1.54) is 0 Å². The van der Waals surface area contributed by atoms with Crippen LogP contribution in [0, 0.1) is 0 Å². The topological polar surface area (TPSA) is 96.2 Å². The summed E-state index contributed by atoms with van der Waals surface area (Å²) in [5.41, 5.74) is 5.99. The lowest BCUT2D eigenvalue weighted by Crippen LogP contribution is -2.49. The first-order valence-electron chi connectivity index (χ1n) is 3.26. The van der Waals surface area contributed by atoms with Crippen LogP contribution < -0.4 is 22.1 Å². The summed E-state index contributed by atoms with van der Waals surface area (Å²) in [6, 6.07) is -0.644. The number of amides is 3. The maximum atomic E-state index is 10.7.